The number of nitrogen functional groups attached to an aromatic ring is 1. The van der Waals surface area contributed by atoms with Crippen LogP contribution in [0.3, 0.4) is 0 Å². The molecule has 0 bridgehead atoms. The SMILES string of the molecule is CCOC(=O)c1c(C#N)cnc(C)c1N. The van der Waals surface area contributed by atoms with Crippen molar-refractivity contribution in [2.45, 2.75) is 13.8 Å². The molecule has 0 aliphatic carbocycles. The second kappa shape index (κ2) is 4.42. The van der Waals surface area contributed by atoms with E-state index in [2.05, 4.69) is 4.98 Å². The Morgan fingerprint density at radius 1 is 1.73 bits per heavy atom. The van der Waals surface area contributed by atoms with E-state index in [1.165, 1.54) is 6.20 Å². The lowest BCUT2D eigenvalue weighted by Crippen LogP contribution is -2.12. The van der Waals surface area contributed by atoms with Gasteiger partial charge in [-0.1, -0.05) is 0 Å². The van der Waals surface area contributed by atoms with Crippen molar-refractivity contribution < 1.29 is 9.53 Å². The second-order valence-corrected chi connectivity index (χ2v) is 2.88. The lowest BCUT2D eigenvalue weighted by atomic mass is 10.1. The van der Waals surface area contributed by atoms with Crippen LogP contribution < -0.4 is 5.73 Å². The molecule has 15 heavy (non-hydrogen) atoms. The summed E-state index contributed by atoms with van der Waals surface area (Å²) in [5, 5.41) is 8.80. The van der Waals surface area contributed by atoms with Crippen molar-refractivity contribution in [1.29, 1.82) is 5.26 Å². The fraction of sp³-hybridized carbons (Fsp3) is 0.300. The number of nitriles is 1. The van der Waals surface area contributed by atoms with Gasteiger partial charge >= 0.3 is 5.97 Å². The number of ether oxygens (including phenoxy) is 1. The van der Waals surface area contributed by atoms with Gasteiger partial charge in [0, 0.05) is 6.20 Å². The van der Waals surface area contributed by atoms with Crippen molar-refractivity contribution in [1.82, 2.24) is 4.98 Å². The van der Waals surface area contributed by atoms with Crippen LogP contribution in [0, 0.1) is 18.3 Å². The van der Waals surface area contributed by atoms with Gasteiger partial charge in [0.2, 0.25) is 0 Å². The molecule has 2 N–H and O–H groups in total. The molecule has 1 aromatic rings. The number of aromatic nitrogens is 1. The molecular formula is C10H11N3O2. The number of esters is 1. The number of carbonyl (C=O) groups excluding carboxylic acids is 1. The maximum atomic E-state index is 11.5. The fourth-order valence-electron chi connectivity index (χ4n) is 1.13. The first-order valence-electron chi connectivity index (χ1n) is 4.44. The molecule has 1 heterocycles. The van der Waals surface area contributed by atoms with Crippen LogP contribution in [-0.2, 0) is 4.74 Å². The largest absolute Gasteiger partial charge is 0.462 e. The van der Waals surface area contributed by atoms with Gasteiger partial charge in [-0.05, 0) is 13.8 Å². The van der Waals surface area contributed by atoms with E-state index in [0.717, 1.165) is 0 Å². The van der Waals surface area contributed by atoms with Crippen molar-refractivity contribution >= 4 is 11.7 Å². The van der Waals surface area contributed by atoms with E-state index in [1.54, 1.807) is 13.8 Å². The van der Waals surface area contributed by atoms with Gasteiger partial charge < -0.3 is 10.5 Å². The van der Waals surface area contributed by atoms with Crippen molar-refractivity contribution in [2.24, 2.45) is 0 Å². The third kappa shape index (κ3) is 2.05. The molecule has 0 aliphatic heterocycles. The Bertz CT molecular complexity index is 435. The van der Waals surface area contributed by atoms with Crippen molar-refractivity contribution in [3.63, 3.8) is 0 Å². The van der Waals surface area contributed by atoms with E-state index in [1.807, 2.05) is 6.07 Å². The van der Waals surface area contributed by atoms with E-state index in [-0.39, 0.29) is 23.4 Å². The zero-order valence-electron chi connectivity index (χ0n) is 8.57. The molecule has 0 radical (unpaired) electrons. The maximum absolute atomic E-state index is 11.5. The van der Waals surface area contributed by atoms with Gasteiger partial charge in [-0.25, -0.2) is 4.79 Å². The van der Waals surface area contributed by atoms with E-state index >= 15 is 0 Å². The van der Waals surface area contributed by atoms with Gasteiger partial charge in [0.05, 0.1) is 23.6 Å². The number of rotatable bonds is 2. The molecule has 0 aromatic carbocycles. The highest BCUT2D eigenvalue weighted by Crippen LogP contribution is 2.19. The highest BCUT2D eigenvalue weighted by Gasteiger charge is 2.18. The Hall–Kier alpha value is -2.09. The van der Waals surface area contributed by atoms with Gasteiger partial charge in [0.25, 0.3) is 0 Å². The second-order valence-electron chi connectivity index (χ2n) is 2.88. The summed E-state index contributed by atoms with van der Waals surface area (Å²) < 4.78 is 4.81. The lowest BCUT2D eigenvalue weighted by Gasteiger charge is -2.08. The molecule has 5 heteroatoms. The predicted molar refractivity (Wildman–Crippen MR) is 54.1 cm³/mol. The third-order valence-corrected chi connectivity index (χ3v) is 1.92. The molecule has 0 saturated carbocycles. The van der Waals surface area contributed by atoms with Crippen LogP contribution in [0.1, 0.15) is 28.5 Å². The summed E-state index contributed by atoms with van der Waals surface area (Å²) in [5.74, 6) is -0.586. The van der Waals surface area contributed by atoms with E-state index in [9.17, 15) is 4.79 Å². The Morgan fingerprint density at radius 2 is 2.40 bits per heavy atom. The Kier molecular flexibility index (Phi) is 3.24. The first kappa shape index (κ1) is 11.0. The third-order valence-electron chi connectivity index (χ3n) is 1.92. The molecule has 1 aromatic heterocycles. The standard InChI is InChI=1S/C10H11N3O2/c1-3-15-10(14)8-7(4-11)5-13-6(2)9(8)12/h5H,3,12H2,1-2H3. The number of aryl methyl sites for hydroxylation is 1. The first-order chi connectivity index (χ1) is 7.11. The molecule has 0 atom stereocenters. The Labute approximate surface area is 87.5 Å². The van der Waals surface area contributed by atoms with Crippen LogP contribution in [0.15, 0.2) is 6.20 Å². The van der Waals surface area contributed by atoms with Crippen molar-refractivity contribution in [2.75, 3.05) is 12.3 Å². The quantitative estimate of drug-likeness (QED) is 0.728. The number of anilines is 1. The number of pyridine rings is 1. The molecule has 0 saturated heterocycles. The van der Waals surface area contributed by atoms with E-state index < -0.39 is 5.97 Å². The number of hydrogen-bond acceptors (Lipinski definition) is 5. The van der Waals surface area contributed by atoms with E-state index in [4.69, 9.17) is 15.7 Å². The lowest BCUT2D eigenvalue weighted by molar-refractivity contribution is 0.0527. The minimum atomic E-state index is -0.586. The molecular weight excluding hydrogens is 194 g/mol. The topological polar surface area (TPSA) is 89.0 Å². The van der Waals surface area contributed by atoms with Crippen molar-refractivity contribution in [3.8, 4) is 6.07 Å². The number of hydrogen-bond donors (Lipinski definition) is 1. The average Bonchev–Trinajstić information content (AvgIpc) is 2.22. The normalized spacial score (nSPS) is 9.40. The van der Waals surface area contributed by atoms with Gasteiger partial charge in [-0.2, -0.15) is 5.26 Å². The average molecular weight is 205 g/mol. The van der Waals surface area contributed by atoms with Crippen molar-refractivity contribution in [3.05, 3.63) is 23.0 Å². The molecule has 5 nitrogen and oxygen atoms in total. The van der Waals surface area contributed by atoms with Crippen LogP contribution in [0.5, 0.6) is 0 Å². The Morgan fingerprint density at radius 3 is 2.93 bits per heavy atom. The number of nitrogens with two attached hydrogens (primary N) is 1. The summed E-state index contributed by atoms with van der Waals surface area (Å²) in [7, 11) is 0. The monoisotopic (exact) mass is 205 g/mol. The number of nitrogens with zero attached hydrogens (tertiary/aromatic N) is 2. The van der Waals surface area contributed by atoms with Crippen LogP contribution in [0.25, 0.3) is 0 Å². The summed E-state index contributed by atoms with van der Waals surface area (Å²) in [4.78, 5) is 15.4. The zero-order chi connectivity index (χ0) is 11.4. The molecule has 0 amide bonds. The minimum Gasteiger partial charge on any atom is -0.462 e. The predicted octanol–water partition coefficient (Wildman–Crippen LogP) is 1.02. The molecule has 78 valence electrons. The zero-order valence-corrected chi connectivity index (χ0v) is 8.57. The first-order valence-corrected chi connectivity index (χ1v) is 4.44. The fourth-order valence-corrected chi connectivity index (χ4v) is 1.13. The summed E-state index contributed by atoms with van der Waals surface area (Å²) in [5.41, 5.74) is 6.63. The Balaban J connectivity index is 3.31. The van der Waals surface area contributed by atoms with Gasteiger partial charge in [0.1, 0.15) is 11.6 Å². The highest BCUT2D eigenvalue weighted by atomic mass is 16.5. The molecule has 0 spiro atoms. The summed E-state index contributed by atoms with van der Waals surface area (Å²) in [6, 6.07) is 1.86. The maximum Gasteiger partial charge on any atom is 0.341 e. The number of carbonyl (C=O) groups is 1. The minimum absolute atomic E-state index is 0.104. The summed E-state index contributed by atoms with van der Waals surface area (Å²) >= 11 is 0. The molecule has 0 unspecified atom stereocenters. The van der Waals surface area contributed by atoms with Crippen LogP contribution >= 0.6 is 0 Å². The summed E-state index contributed by atoms with van der Waals surface area (Å²) in [6.07, 6.45) is 1.32. The molecule has 1 rings (SSSR count). The van der Waals surface area contributed by atoms with Crippen LogP contribution in [0.2, 0.25) is 0 Å². The molecule has 0 fully saturated rings. The van der Waals surface area contributed by atoms with Crippen LogP contribution in [0.4, 0.5) is 5.69 Å². The smallest absolute Gasteiger partial charge is 0.341 e. The van der Waals surface area contributed by atoms with Gasteiger partial charge in [0.15, 0.2) is 0 Å². The highest BCUT2D eigenvalue weighted by molar-refractivity contribution is 5.98. The van der Waals surface area contributed by atoms with Gasteiger partial charge in [-0.15, -0.1) is 0 Å². The van der Waals surface area contributed by atoms with Crippen LogP contribution in [-0.4, -0.2) is 17.6 Å². The molecule has 0 aliphatic rings. The summed E-state index contributed by atoms with van der Waals surface area (Å²) in [6.45, 7) is 3.60. The van der Waals surface area contributed by atoms with Gasteiger partial charge in [-0.3, -0.25) is 4.98 Å². The van der Waals surface area contributed by atoms with E-state index in [0.29, 0.717) is 5.69 Å².